The SMILES string of the molecule is CC(C)Cc1cc(=O)[nH]c(C(C)N2CCNCC2)n1. The lowest BCUT2D eigenvalue weighted by molar-refractivity contribution is 0.178. The first-order valence-electron chi connectivity index (χ1n) is 7.11. The predicted octanol–water partition coefficient (Wildman–Crippen LogP) is 0.935. The monoisotopic (exact) mass is 264 g/mol. The first kappa shape index (κ1) is 14.2. The summed E-state index contributed by atoms with van der Waals surface area (Å²) in [7, 11) is 0. The summed E-state index contributed by atoms with van der Waals surface area (Å²) in [6, 6.07) is 1.79. The molecule has 0 saturated carbocycles. The van der Waals surface area contributed by atoms with Gasteiger partial charge in [0.05, 0.1) is 6.04 Å². The van der Waals surface area contributed by atoms with Crippen LogP contribution in [0.4, 0.5) is 0 Å². The van der Waals surface area contributed by atoms with Crippen LogP contribution in [0, 0.1) is 5.92 Å². The van der Waals surface area contributed by atoms with E-state index < -0.39 is 0 Å². The molecule has 1 aromatic rings. The summed E-state index contributed by atoms with van der Waals surface area (Å²) in [5.74, 6) is 1.31. The Morgan fingerprint density at radius 2 is 2.00 bits per heavy atom. The Morgan fingerprint density at radius 1 is 1.32 bits per heavy atom. The van der Waals surface area contributed by atoms with Crippen LogP contribution in [0.25, 0.3) is 0 Å². The largest absolute Gasteiger partial charge is 0.314 e. The highest BCUT2D eigenvalue weighted by Gasteiger charge is 2.20. The number of aromatic nitrogens is 2. The van der Waals surface area contributed by atoms with E-state index in [1.165, 1.54) is 0 Å². The molecule has 0 aromatic carbocycles. The van der Waals surface area contributed by atoms with Gasteiger partial charge in [-0.2, -0.15) is 0 Å². The average molecular weight is 264 g/mol. The van der Waals surface area contributed by atoms with Crippen LogP contribution in [-0.4, -0.2) is 41.0 Å². The highest BCUT2D eigenvalue weighted by atomic mass is 16.1. The van der Waals surface area contributed by atoms with Crippen molar-refractivity contribution < 1.29 is 0 Å². The third kappa shape index (κ3) is 3.88. The number of rotatable bonds is 4. The van der Waals surface area contributed by atoms with Gasteiger partial charge in [0.1, 0.15) is 5.82 Å². The van der Waals surface area contributed by atoms with Crippen molar-refractivity contribution in [2.24, 2.45) is 5.92 Å². The summed E-state index contributed by atoms with van der Waals surface area (Å²) >= 11 is 0. The van der Waals surface area contributed by atoms with Crippen LogP contribution < -0.4 is 10.9 Å². The lowest BCUT2D eigenvalue weighted by atomic mass is 10.1. The normalized spacial score (nSPS) is 18.7. The molecule has 1 unspecified atom stereocenters. The zero-order valence-electron chi connectivity index (χ0n) is 12.1. The first-order valence-corrected chi connectivity index (χ1v) is 7.11. The fourth-order valence-electron chi connectivity index (χ4n) is 2.49. The Morgan fingerprint density at radius 3 is 2.63 bits per heavy atom. The van der Waals surface area contributed by atoms with Crippen molar-refractivity contribution in [1.29, 1.82) is 0 Å². The van der Waals surface area contributed by atoms with Crippen LogP contribution in [0.15, 0.2) is 10.9 Å². The van der Waals surface area contributed by atoms with E-state index in [0.29, 0.717) is 5.92 Å². The van der Waals surface area contributed by atoms with Gasteiger partial charge in [-0.25, -0.2) is 4.98 Å². The minimum absolute atomic E-state index is 0.0392. The topological polar surface area (TPSA) is 61.0 Å². The maximum atomic E-state index is 11.8. The predicted molar refractivity (Wildman–Crippen MR) is 76.3 cm³/mol. The van der Waals surface area contributed by atoms with Crippen molar-refractivity contribution in [3.05, 3.63) is 27.9 Å². The lowest BCUT2D eigenvalue weighted by Gasteiger charge is -2.32. The van der Waals surface area contributed by atoms with Crippen LogP contribution in [-0.2, 0) is 6.42 Å². The van der Waals surface area contributed by atoms with E-state index in [1.807, 2.05) is 0 Å². The van der Waals surface area contributed by atoms with E-state index in [2.05, 4.69) is 41.0 Å². The van der Waals surface area contributed by atoms with Gasteiger partial charge in [0.15, 0.2) is 0 Å². The smallest absolute Gasteiger partial charge is 0.251 e. The molecule has 2 heterocycles. The van der Waals surface area contributed by atoms with E-state index in [-0.39, 0.29) is 11.6 Å². The molecule has 2 rings (SSSR count). The quantitative estimate of drug-likeness (QED) is 0.849. The van der Waals surface area contributed by atoms with Gasteiger partial charge in [-0.3, -0.25) is 9.69 Å². The molecule has 0 aliphatic carbocycles. The minimum Gasteiger partial charge on any atom is -0.314 e. The molecule has 0 spiro atoms. The zero-order chi connectivity index (χ0) is 13.8. The summed E-state index contributed by atoms with van der Waals surface area (Å²) in [4.78, 5) is 21.6. The van der Waals surface area contributed by atoms with E-state index >= 15 is 0 Å². The highest BCUT2D eigenvalue weighted by Crippen LogP contribution is 2.16. The summed E-state index contributed by atoms with van der Waals surface area (Å²) in [6.45, 7) is 10.4. The summed E-state index contributed by atoms with van der Waals surface area (Å²) in [5, 5.41) is 3.34. The third-order valence-electron chi connectivity index (χ3n) is 3.53. The van der Waals surface area contributed by atoms with Crippen LogP contribution in [0.5, 0.6) is 0 Å². The molecule has 1 aliphatic heterocycles. The average Bonchev–Trinajstić information content (AvgIpc) is 2.37. The van der Waals surface area contributed by atoms with Gasteiger partial charge >= 0.3 is 0 Å². The van der Waals surface area contributed by atoms with Crippen LogP contribution in [0.2, 0.25) is 0 Å². The van der Waals surface area contributed by atoms with Gasteiger partial charge in [-0.15, -0.1) is 0 Å². The Labute approximate surface area is 114 Å². The zero-order valence-corrected chi connectivity index (χ0v) is 12.1. The van der Waals surface area contributed by atoms with E-state index in [9.17, 15) is 4.79 Å². The molecule has 106 valence electrons. The minimum atomic E-state index is -0.0392. The van der Waals surface area contributed by atoms with Crippen LogP contribution >= 0.6 is 0 Å². The van der Waals surface area contributed by atoms with Crippen LogP contribution in [0.1, 0.15) is 38.3 Å². The third-order valence-corrected chi connectivity index (χ3v) is 3.53. The molecule has 0 amide bonds. The molecule has 1 aliphatic rings. The van der Waals surface area contributed by atoms with Crippen molar-refractivity contribution in [1.82, 2.24) is 20.2 Å². The molecule has 1 saturated heterocycles. The molecular formula is C14H24N4O. The standard InChI is InChI=1S/C14H24N4O/c1-10(2)8-12-9-13(19)17-14(16-12)11(3)18-6-4-15-5-7-18/h9-11,15H,4-8H2,1-3H3,(H,16,17,19). The molecule has 0 radical (unpaired) electrons. The summed E-state index contributed by atoms with van der Waals surface area (Å²) < 4.78 is 0. The Bertz CT molecular complexity index is 463. The fourth-order valence-corrected chi connectivity index (χ4v) is 2.49. The number of nitrogens with zero attached hydrogens (tertiary/aromatic N) is 2. The Kier molecular flexibility index (Phi) is 4.71. The number of aromatic amines is 1. The first-order chi connectivity index (χ1) is 9.06. The Balaban J connectivity index is 2.18. The number of hydrogen-bond acceptors (Lipinski definition) is 4. The van der Waals surface area contributed by atoms with Gasteiger partial charge in [-0.05, 0) is 19.3 Å². The molecule has 1 aromatic heterocycles. The van der Waals surface area contributed by atoms with Crippen LogP contribution in [0.3, 0.4) is 0 Å². The van der Waals surface area contributed by atoms with Crippen molar-refractivity contribution in [3.63, 3.8) is 0 Å². The molecule has 0 bridgehead atoms. The van der Waals surface area contributed by atoms with Gasteiger partial charge in [0, 0.05) is 37.9 Å². The molecule has 1 fully saturated rings. The van der Waals surface area contributed by atoms with E-state index in [0.717, 1.165) is 44.1 Å². The van der Waals surface area contributed by atoms with Crippen molar-refractivity contribution in [2.75, 3.05) is 26.2 Å². The second-order valence-corrected chi connectivity index (χ2v) is 5.68. The number of piperazine rings is 1. The van der Waals surface area contributed by atoms with E-state index in [1.54, 1.807) is 6.07 Å². The Hall–Kier alpha value is -1.20. The second kappa shape index (κ2) is 6.30. The molecule has 5 nitrogen and oxygen atoms in total. The molecule has 2 N–H and O–H groups in total. The summed E-state index contributed by atoms with van der Waals surface area (Å²) in [6.07, 6.45) is 0.852. The van der Waals surface area contributed by atoms with Gasteiger partial charge in [-0.1, -0.05) is 13.8 Å². The molecular weight excluding hydrogens is 240 g/mol. The summed E-state index contributed by atoms with van der Waals surface area (Å²) in [5.41, 5.74) is 0.860. The fraction of sp³-hybridized carbons (Fsp3) is 0.714. The van der Waals surface area contributed by atoms with Gasteiger partial charge < -0.3 is 10.3 Å². The van der Waals surface area contributed by atoms with Crippen molar-refractivity contribution in [3.8, 4) is 0 Å². The molecule has 19 heavy (non-hydrogen) atoms. The molecule has 5 heteroatoms. The van der Waals surface area contributed by atoms with Gasteiger partial charge in [0.2, 0.25) is 0 Å². The lowest BCUT2D eigenvalue weighted by Crippen LogP contribution is -2.45. The van der Waals surface area contributed by atoms with Crippen molar-refractivity contribution in [2.45, 2.75) is 33.2 Å². The maximum Gasteiger partial charge on any atom is 0.251 e. The second-order valence-electron chi connectivity index (χ2n) is 5.68. The maximum absolute atomic E-state index is 11.8. The van der Waals surface area contributed by atoms with Gasteiger partial charge in [0.25, 0.3) is 5.56 Å². The van der Waals surface area contributed by atoms with E-state index in [4.69, 9.17) is 0 Å². The van der Waals surface area contributed by atoms with Crippen molar-refractivity contribution >= 4 is 0 Å². The number of hydrogen-bond donors (Lipinski definition) is 2. The number of H-pyrrole nitrogens is 1. The highest BCUT2D eigenvalue weighted by molar-refractivity contribution is 5.06. The number of nitrogens with one attached hydrogen (secondary N) is 2. The molecule has 1 atom stereocenters.